The summed E-state index contributed by atoms with van der Waals surface area (Å²) in [5, 5.41) is 0. The quantitative estimate of drug-likeness (QED) is 0.905. The van der Waals surface area contributed by atoms with Gasteiger partial charge in [-0.1, -0.05) is 0 Å². The van der Waals surface area contributed by atoms with Crippen LogP contribution in [0, 0.1) is 17.6 Å². The Kier molecular flexibility index (Phi) is 2.71. The molecule has 1 aromatic carbocycles. The molecular weight excluding hydrogens is 274 g/mol. The van der Waals surface area contributed by atoms with Gasteiger partial charge in [-0.2, -0.15) is 4.31 Å². The number of halogens is 2. The minimum atomic E-state index is -3.99. The molecule has 4 nitrogen and oxygen atoms in total. The molecule has 0 amide bonds. The zero-order chi connectivity index (χ0) is 13.8. The van der Waals surface area contributed by atoms with Crippen LogP contribution in [0.15, 0.2) is 23.1 Å². The highest BCUT2D eigenvalue weighted by Crippen LogP contribution is 2.44. The molecule has 3 rings (SSSR count). The van der Waals surface area contributed by atoms with Crippen LogP contribution in [0.1, 0.15) is 12.8 Å². The Balaban J connectivity index is 1.86. The van der Waals surface area contributed by atoms with E-state index >= 15 is 0 Å². The lowest BCUT2D eigenvalue weighted by Gasteiger charge is -2.47. The van der Waals surface area contributed by atoms with Gasteiger partial charge in [0.2, 0.25) is 10.0 Å². The molecule has 1 aliphatic heterocycles. The largest absolute Gasteiger partial charge is 0.323 e. The predicted octanol–water partition coefficient (Wildman–Crippen LogP) is 1.08. The van der Waals surface area contributed by atoms with E-state index in [1.807, 2.05) is 0 Å². The molecule has 0 aromatic heterocycles. The van der Waals surface area contributed by atoms with E-state index in [0.717, 1.165) is 29.3 Å². The first kappa shape index (κ1) is 13.0. The lowest BCUT2D eigenvalue weighted by atomic mass is 9.88. The van der Waals surface area contributed by atoms with E-state index in [1.54, 1.807) is 0 Å². The summed E-state index contributed by atoms with van der Waals surface area (Å²) >= 11 is 0. The maximum atomic E-state index is 13.5. The van der Waals surface area contributed by atoms with Crippen molar-refractivity contribution in [2.24, 2.45) is 11.7 Å². The molecule has 19 heavy (non-hydrogen) atoms. The second-order valence-corrected chi connectivity index (χ2v) is 7.26. The monoisotopic (exact) mass is 288 g/mol. The van der Waals surface area contributed by atoms with Gasteiger partial charge in [0, 0.05) is 18.6 Å². The maximum absolute atomic E-state index is 13.5. The van der Waals surface area contributed by atoms with E-state index in [-0.39, 0.29) is 13.1 Å². The van der Waals surface area contributed by atoms with E-state index in [9.17, 15) is 17.2 Å². The molecule has 1 saturated carbocycles. The number of rotatable bonds is 3. The fourth-order valence-electron chi connectivity index (χ4n) is 2.51. The number of benzene rings is 1. The molecular formula is C12H14F2N2O2S. The average molecular weight is 288 g/mol. The molecule has 7 heteroatoms. The molecule has 0 atom stereocenters. The lowest BCUT2D eigenvalue weighted by molar-refractivity contribution is 0.135. The lowest BCUT2D eigenvalue weighted by Crippen LogP contribution is -2.69. The van der Waals surface area contributed by atoms with E-state index in [1.165, 1.54) is 0 Å². The normalized spacial score (nSPS) is 23.1. The summed E-state index contributed by atoms with van der Waals surface area (Å²) in [4.78, 5) is -0.620. The fourth-order valence-corrected chi connectivity index (χ4v) is 4.19. The van der Waals surface area contributed by atoms with Gasteiger partial charge in [0.05, 0.1) is 0 Å². The SMILES string of the molecule is NC1(C2CC2)CN(S(=O)(=O)c2cc(F)ccc2F)C1. The van der Waals surface area contributed by atoms with Gasteiger partial charge in [-0.15, -0.1) is 0 Å². The number of hydrogen-bond acceptors (Lipinski definition) is 3. The van der Waals surface area contributed by atoms with E-state index < -0.39 is 32.1 Å². The number of sulfonamides is 1. The van der Waals surface area contributed by atoms with Crippen molar-refractivity contribution in [3.8, 4) is 0 Å². The first-order valence-electron chi connectivity index (χ1n) is 6.07. The Hall–Kier alpha value is -1.05. The van der Waals surface area contributed by atoms with Crippen molar-refractivity contribution < 1.29 is 17.2 Å². The summed E-state index contributed by atoms with van der Waals surface area (Å²) in [6.07, 6.45) is 2.03. The van der Waals surface area contributed by atoms with Gasteiger partial charge >= 0.3 is 0 Å². The highest BCUT2D eigenvalue weighted by Gasteiger charge is 2.54. The third-order valence-electron chi connectivity index (χ3n) is 3.84. The van der Waals surface area contributed by atoms with Crippen molar-refractivity contribution in [1.29, 1.82) is 0 Å². The highest BCUT2D eigenvalue weighted by atomic mass is 32.2. The van der Waals surface area contributed by atoms with E-state index in [2.05, 4.69) is 0 Å². The van der Waals surface area contributed by atoms with Gasteiger partial charge in [-0.05, 0) is 37.0 Å². The Labute approximate surface area is 110 Å². The van der Waals surface area contributed by atoms with Crippen LogP contribution < -0.4 is 5.73 Å². The summed E-state index contributed by atoms with van der Waals surface area (Å²) < 4.78 is 52.1. The van der Waals surface area contributed by atoms with Gasteiger partial charge in [-0.3, -0.25) is 0 Å². The molecule has 0 spiro atoms. The minimum absolute atomic E-state index is 0.177. The van der Waals surface area contributed by atoms with Crippen molar-refractivity contribution in [3.63, 3.8) is 0 Å². The van der Waals surface area contributed by atoms with Crippen molar-refractivity contribution in [2.45, 2.75) is 23.3 Å². The number of nitrogens with zero attached hydrogens (tertiary/aromatic N) is 1. The molecule has 0 radical (unpaired) electrons. The van der Waals surface area contributed by atoms with Crippen molar-refractivity contribution >= 4 is 10.0 Å². The van der Waals surface area contributed by atoms with Crippen LogP contribution in [0.25, 0.3) is 0 Å². The molecule has 1 heterocycles. The molecule has 1 aromatic rings. The van der Waals surface area contributed by atoms with Crippen LogP contribution in [0.2, 0.25) is 0 Å². The van der Waals surface area contributed by atoms with Crippen molar-refractivity contribution in [2.75, 3.05) is 13.1 Å². The third kappa shape index (κ3) is 2.05. The molecule has 0 unspecified atom stereocenters. The second-order valence-electron chi connectivity index (χ2n) is 5.36. The van der Waals surface area contributed by atoms with E-state index in [4.69, 9.17) is 5.73 Å². The summed E-state index contributed by atoms with van der Waals surface area (Å²) in [5.41, 5.74) is 5.58. The van der Waals surface area contributed by atoms with Gasteiger partial charge in [0.25, 0.3) is 0 Å². The van der Waals surface area contributed by atoms with Crippen LogP contribution in [-0.4, -0.2) is 31.4 Å². The first-order chi connectivity index (χ1) is 8.83. The van der Waals surface area contributed by atoms with Crippen LogP contribution in [0.5, 0.6) is 0 Å². The molecule has 104 valence electrons. The average Bonchev–Trinajstić information content (AvgIpc) is 3.12. The molecule has 2 fully saturated rings. The summed E-state index contributed by atoms with van der Waals surface area (Å²) in [6.45, 7) is 0.353. The smallest absolute Gasteiger partial charge is 0.246 e. The van der Waals surface area contributed by atoms with Crippen LogP contribution >= 0.6 is 0 Å². The van der Waals surface area contributed by atoms with E-state index in [0.29, 0.717) is 12.0 Å². The van der Waals surface area contributed by atoms with Gasteiger partial charge in [-0.25, -0.2) is 17.2 Å². The van der Waals surface area contributed by atoms with Crippen molar-refractivity contribution in [1.82, 2.24) is 4.31 Å². The fraction of sp³-hybridized carbons (Fsp3) is 0.500. The zero-order valence-corrected chi connectivity index (χ0v) is 11.0. The Morgan fingerprint density at radius 3 is 2.47 bits per heavy atom. The standard InChI is InChI=1S/C12H14F2N2O2S/c13-9-3-4-10(14)11(5-9)19(17,18)16-6-12(15,7-16)8-1-2-8/h3-5,8H,1-2,6-7,15H2. The van der Waals surface area contributed by atoms with Gasteiger partial charge < -0.3 is 5.73 Å². The van der Waals surface area contributed by atoms with Gasteiger partial charge in [0.1, 0.15) is 16.5 Å². The number of hydrogen-bond donors (Lipinski definition) is 1. The van der Waals surface area contributed by atoms with Crippen molar-refractivity contribution in [3.05, 3.63) is 29.8 Å². The first-order valence-corrected chi connectivity index (χ1v) is 7.51. The minimum Gasteiger partial charge on any atom is -0.323 e. The highest BCUT2D eigenvalue weighted by molar-refractivity contribution is 7.89. The summed E-state index contributed by atoms with van der Waals surface area (Å²) in [5.74, 6) is -1.36. The third-order valence-corrected chi connectivity index (χ3v) is 5.65. The summed E-state index contributed by atoms with van der Waals surface area (Å²) in [6, 6.07) is 2.42. The number of nitrogens with two attached hydrogens (primary N) is 1. The Morgan fingerprint density at radius 2 is 1.89 bits per heavy atom. The summed E-state index contributed by atoms with van der Waals surface area (Å²) in [7, 11) is -3.99. The molecule has 0 bridgehead atoms. The Bertz CT molecular complexity index is 623. The molecule has 1 saturated heterocycles. The predicted molar refractivity (Wildman–Crippen MR) is 64.8 cm³/mol. The molecule has 2 N–H and O–H groups in total. The molecule has 1 aliphatic carbocycles. The molecule has 2 aliphatic rings. The topological polar surface area (TPSA) is 63.4 Å². The maximum Gasteiger partial charge on any atom is 0.246 e. The van der Waals surface area contributed by atoms with Crippen LogP contribution in [0.4, 0.5) is 8.78 Å². The second kappa shape index (κ2) is 3.97. The zero-order valence-electron chi connectivity index (χ0n) is 10.1. The van der Waals surface area contributed by atoms with Crippen LogP contribution in [-0.2, 0) is 10.0 Å². The van der Waals surface area contributed by atoms with Gasteiger partial charge in [0.15, 0.2) is 0 Å². The Morgan fingerprint density at radius 1 is 1.26 bits per heavy atom. The van der Waals surface area contributed by atoms with Crippen LogP contribution in [0.3, 0.4) is 0 Å².